The third kappa shape index (κ3) is 7.34. The van der Waals surface area contributed by atoms with Crippen molar-refractivity contribution < 1.29 is 0 Å². The second-order valence-electron chi connectivity index (χ2n) is 5.25. The van der Waals surface area contributed by atoms with Crippen LogP contribution in [-0.4, -0.2) is 7.05 Å². The van der Waals surface area contributed by atoms with E-state index in [9.17, 15) is 0 Å². The number of nitrogens with one attached hydrogen (secondary N) is 1. The number of rotatable bonds is 11. The van der Waals surface area contributed by atoms with E-state index in [1.54, 1.807) is 11.3 Å². The van der Waals surface area contributed by atoms with Gasteiger partial charge in [0.15, 0.2) is 0 Å². The summed E-state index contributed by atoms with van der Waals surface area (Å²) in [5.41, 5.74) is 0. The zero-order chi connectivity index (χ0) is 13.9. The van der Waals surface area contributed by atoms with E-state index in [0.717, 1.165) is 4.34 Å². The molecule has 1 rings (SSSR count). The summed E-state index contributed by atoms with van der Waals surface area (Å²) >= 11 is 7.70. The van der Waals surface area contributed by atoms with Gasteiger partial charge in [0.1, 0.15) is 0 Å². The Kier molecular flexibility index (Phi) is 9.58. The van der Waals surface area contributed by atoms with E-state index < -0.39 is 0 Å². The molecule has 0 aliphatic rings. The molecule has 0 amide bonds. The average Bonchev–Trinajstić information content (AvgIpc) is 2.83. The fourth-order valence-electron chi connectivity index (χ4n) is 2.43. The van der Waals surface area contributed by atoms with E-state index in [1.165, 1.54) is 62.7 Å². The van der Waals surface area contributed by atoms with Crippen LogP contribution >= 0.6 is 22.9 Å². The second-order valence-corrected chi connectivity index (χ2v) is 6.99. The highest BCUT2D eigenvalue weighted by Crippen LogP contribution is 2.29. The van der Waals surface area contributed by atoms with Crippen molar-refractivity contribution in [3.05, 3.63) is 21.3 Å². The van der Waals surface area contributed by atoms with E-state index in [0.29, 0.717) is 6.04 Å². The maximum atomic E-state index is 6.00. The normalized spacial score (nSPS) is 12.8. The molecule has 110 valence electrons. The predicted molar refractivity (Wildman–Crippen MR) is 88.4 cm³/mol. The molecule has 0 fully saturated rings. The van der Waals surface area contributed by atoms with Gasteiger partial charge in [0.05, 0.1) is 4.34 Å². The number of halogens is 1. The number of thiophene rings is 1. The summed E-state index contributed by atoms with van der Waals surface area (Å²) in [6.45, 7) is 2.27. The third-order valence-electron chi connectivity index (χ3n) is 3.63. The molecule has 1 unspecified atom stereocenters. The monoisotopic (exact) mass is 301 g/mol. The van der Waals surface area contributed by atoms with Crippen molar-refractivity contribution in [3.63, 3.8) is 0 Å². The molecule has 1 atom stereocenters. The Morgan fingerprint density at radius 2 is 1.68 bits per heavy atom. The number of hydrogen-bond donors (Lipinski definition) is 1. The Balaban J connectivity index is 2.07. The Morgan fingerprint density at radius 1 is 1.05 bits per heavy atom. The maximum absolute atomic E-state index is 6.00. The van der Waals surface area contributed by atoms with Crippen LogP contribution < -0.4 is 5.32 Å². The highest BCUT2D eigenvalue weighted by molar-refractivity contribution is 7.16. The van der Waals surface area contributed by atoms with Gasteiger partial charge < -0.3 is 5.32 Å². The van der Waals surface area contributed by atoms with Gasteiger partial charge in [-0.2, -0.15) is 0 Å². The summed E-state index contributed by atoms with van der Waals surface area (Å²) in [6, 6.07) is 4.64. The molecule has 1 nitrogen and oxygen atoms in total. The molecular weight excluding hydrogens is 274 g/mol. The van der Waals surface area contributed by atoms with E-state index in [-0.39, 0.29) is 0 Å². The minimum absolute atomic E-state index is 0.484. The van der Waals surface area contributed by atoms with Crippen molar-refractivity contribution in [1.29, 1.82) is 0 Å². The Bertz CT molecular complexity index is 324. The SMILES string of the molecule is CCCCCCCCCCC(NC)c1ccc(Cl)s1. The molecule has 0 aliphatic heterocycles. The summed E-state index contributed by atoms with van der Waals surface area (Å²) < 4.78 is 0.895. The first kappa shape index (κ1) is 17.0. The second kappa shape index (κ2) is 10.7. The molecule has 0 bridgehead atoms. The average molecular weight is 302 g/mol. The molecule has 0 aliphatic carbocycles. The summed E-state index contributed by atoms with van der Waals surface area (Å²) in [5, 5.41) is 3.40. The molecule has 1 N–H and O–H groups in total. The van der Waals surface area contributed by atoms with E-state index >= 15 is 0 Å². The van der Waals surface area contributed by atoms with Crippen molar-refractivity contribution >= 4 is 22.9 Å². The van der Waals surface area contributed by atoms with Crippen LogP contribution in [0.4, 0.5) is 0 Å². The largest absolute Gasteiger partial charge is 0.312 e. The van der Waals surface area contributed by atoms with E-state index in [1.807, 2.05) is 13.1 Å². The van der Waals surface area contributed by atoms with E-state index in [4.69, 9.17) is 11.6 Å². The van der Waals surface area contributed by atoms with Crippen LogP contribution in [-0.2, 0) is 0 Å². The molecule has 0 saturated carbocycles. The first-order valence-corrected chi connectivity index (χ1v) is 8.90. The highest BCUT2D eigenvalue weighted by atomic mass is 35.5. The van der Waals surface area contributed by atoms with Gasteiger partial charge in [0.25, 0.3) is 0 Å². The number of hydrogen-bond acceptors (Lipinski definition) is 2. The molecular formula is C16H28ClNS. The Hall–Kier alpha value is -0.0500. The standard InChI is InChI=1S/C16H28ClNS/c1-3-4-5-6-7-8-9-10-11-14(18-2)15-12-13-16(17)19-15/h12-14,18H,3-11H2,1-2H3. The van der Waals surface area contributed by atoms with Crippen molar-refractivity contribution in [2.75, 3.05) is 7.05 Å². The molecule has 1 aromatic heterocycles. The van der Waals surface area contributed by atoms with Gasteiger partial charge in [-0.25, -0.2) is 0 Å². The van der Waals surface area contributed by atoms with Crippen LogP contribution in [0.1, 0.15) is 75.6 Å². The molecule has 3 heteroatoms. The quantitative estimate of drug-likeness (QED) is 0.480. The lowest BCUT2D eigenvalue weighted by Crippen LogP contribution is -2.14. The topological polar surface area (TPSA) is 12.0 Å². The smallest absolute Gasteiger partial charge is 0.0931 e. The molecule has 1 aromatic rings. The van der Waals surface area contributed by atoms with Gasteiger partial charge in [-0.15, -0.1) is 11.3 Å². The summed E-state index contributed by atoms with van der Waals surface area (Å²) in [5.74, 6) is 0. The molecule has 0 radical (unpaired) electrons. The van der Waals surface area contributed by atoms with Gasteiger partial charge in [-0.05, 0) is 25.6 Å². The van der Waals surface area contributed by atoms with E-state index in [2.05, 4.69) is 18.3 Å². The van der Waals surface area contributed by atoms with Crippen molar-refractivity contribution in [2.24, 2.45) is 0 Å². The summed E-state index contributed by atoms with van der Waals surface area (Å²) in [4.78, 5) is 1.37. The lowest BCUT2D eigenvalue weighted by molar-refractivity contribution is 0.499. The van der Waals surface area contributed by atoms with Gasteiger partial charge >= 0.3 is 0 Å². The first-order chi connectivity index (χ1) is 9.27. The Morgan fingerprint density at radius 3 is 2.21 bits per heavy atom. The fourth-order valence-corrected chi connectivity index (χ4v) is 3.63. The van der Waals surface area contributed by atoms with Crippen molar-refractivity contribution in [3.8, 4) is 0 Å². The zero-order valence-electron chi connectivity index (χ0n) is 12.4. The third-order valence-corrected chi connectivity index (χ3v) is 4.98. The van der Waals surface area contributed by atoms with Gasteiger partial charge in [-0.3, -0.25) is 0 Å². The minimum atomic E-state index is 0.484. The van der Waals surface area contributed by atoms with Crippen LogP contribution in [0.2, 0.25) is 4.34 Å². The molecule has 0 spiro atoms. The van der Waals surface area contributed by atoms with Crippen LogP contribution in [0.25, 0.3) is 0 Å². The van der Waals surface area contributed by atoms with Crippen LogP contribution in [0.5, 0.6) is 0 Å². The number of unbranched alkanes of at least 4 members (excludes halogenated alkanes) is 7. The lowest BCUT2D eigenvalue weighted by atomic mass is 10.0. The highest BCUT2D eigenvalue weighted by Gasteiger charge is 2.10. The van der Waals surface area contributed by atoms with Crippen LogP contribution in [0.15, 0.2) is 12.1 Å². The maximum Gasteiger partial charge on any atom is 0.0931 e. The Labute approximate surface area is 127 Å². The van der Waals surface area contributed by atoms with Crippen LogP contribution in [0, 0.1) is 0 Å². The van der Waals surface area contributed by atoms with Crippen LogP contribution in [0.3, 0.4) is 0 Å². The minimum Gasteiger partial charge on any atom is -0.312 e. The van der Waals surface area contributed by atoms with Gasteiger partial charge in [-0.1, -0.05) is 69.9 Å². The molecule has 0 saturated heterocycles. The van der Waals surface area contributed by atoms with Gasteiger partial charge in [0.2, 0.25) is 0 Å². The lowest BCUT2D eigenvalue weighted by Gasteiger charge is -2.14. The summed E-state index contributed by atoms with van der Waals surface area (Å²) in [7, 11) is 2.04. The summed E-state index contributed by atoms with van der Waals surface area (Å²) in [6.07, 6.45) is 12.3. The molecule has 19 heavy (non-hydrogen) atoms. The van der Waals surface area contributed by atoms with Crippen molar-refractivity contribution in [2.45, 2.75) is 70.8 Å². The fraction of sp³-hybridized carbons (Fsp3) is 0.750. The first-order valence-electron chi connectivity index (χ1n) is 7.70. The molecule has 0 aromatic carbocycles. The predicted octanol–water partition coefficient (Wildman–Crippen LogP) is 6.19. The molecule has 1 heterocycles. The van der Waals surface area contributed by atoms with Crippen molar-refractivity contribution in [1.82, 2.24) is 5.32 Å². The zero-order valence-corrected chi connectivity index (χ0v) is 14.0. The van der Waals surface area contributed by atoms with Gasteiger partial charge in [0, 0.05) is 10.9 Å².